The first kappa shape index (κ1) is 14.2. The minimum absolute atomic E-state index is 0.326. The predicted molar refractivity (Wildman–Crippen MR) is 62.9 cm³/mol. The summed E-state index contributed by atoms with van der Waals surface area (Å²) in [6.07, 6.45) is -2.49. The van der Waals surface area contributed by atoms with Gasteiger partial charge in [-0.2, -0.15) is 13.2 Å². The largest absolute Gasteiger partial charge is 0.405 e. The Morgan fingerprint density at radius 2 is 2.15 bits per heavy atom. The number of anilines is 2. The monoisotopic (exact) mass is 292 g/mol. The molecule has 0 radical (unpaired) electrons. The van der Waals surface area contributed by atoms with E-state index in [1.165, 1.54) is 0 Å². The molecule has 11 heteroatoms. The zero-order chi connectivity index (χ0) is 14.9. The lowest BCUT2D eigenvalue weighted by Gasteiger charge is -2.24. The van der Waals surface area contributed by atoms with Gasteiger partial charge in [-0.15, -0.1) is 0 Å². The van der Waals surface area contributed by atoms with Gasteiger partial charge >= 0.3 is 11.9 Å². The van der Waals surface area contributed by atoms with E-state index in [4.69, 9.17) is 5.84 Å². The molecule has 1 fully saturated rings. The fourth-order valence-corrected chi connectivity index (χ4v) is 1.81. The Labute approximate surface area is 110 Å². The van der Waals surface area contributed by atoms with Gasteiger partial charge < -0.3 is 10.3 Å². The van der Waals surface area contributed by atoms with Crippen LogP contribution in [0.1, 0.15) is 12.8 Å². The van der Waals surface area contributed by atoms with Crippen molar-refractivity contribution in [3.05, 3.63) is 16.4 Å². The van der Waals surface area contributed by atoms with E-state index in [1.54, 1.807) is 0 Å². The fourth-order valence-electron chi connectivity index (χ4n) is 1.81. The summed E-state index contributed by atoms with van der Waals surface area (Å²) in [6, 6.07) is -0.407. The zero-order valence-corrected chi connectivity index (χ0v) is 10.1. The number of hydrogen-bond acceptors (Lipinski definition) is 7. The molecule has 0 aromatic carbocycles. The molecule has 2 rings (SSSR count). The fraction of sp³-hybridized carbons (Fsp3) is 0.556. The van der Waals surface area contributed by atoms with Gasteiger partial charge in [0.1, 0.15) is 12.9 Å². The van der Waals surface area contributed by atoms with Crippen molar-refractivity contribution in [2.45, 2.75) is 25.1 Å². The van der Waals surface area contributed by atoms with Crippen LogP contribution in [-0.4, -0.2) is 33.7 Å². The molecule has 0 amide bonds. The van der Waals surface area contributed by atoms with Gasteiger partial charge in [0.25, 0.3) is 0 Å². The number of rotatable bonds is 5. The first-order valence-corrected chi connectivity index (χ1v) is 5.63. The van der Waals surface area contributed by atoms with Crippen LogP contribution in [0.15, 0.2) is 6.33 Å². The minimum Gasteiger partial charge on any atom is -0.339 e. The molecule has 0 bridgehead atoms. The average molecular weight is 292 g/mol. The quantitative estimate of drug-likeness (QED) is 0.476. The average Bonchev–Trinajstić information content (AvgIpc) is 3.18. The summed E-state index contributed by atoms with van der Waals surface area (Å²) in [5, 5.41) is 11.0. The molecule has 1 aliphatic rings. The maximum absolute atomic E-state index is 12.6. The molecule has 8 nitrogen and oxygen atoms in total. The molecule has 0 spiro atoms. The van der Waals surface area contributed by atoms with Gasteiger partial charge in [0.15, 0.2) is 0 Å². The number of aromatic nitrogens is 2. The van der Waals surface area contributed by atoms with Gasteiger partial charge in [0, 0.05) is 6.04 Å². The number of nitrogen functional groups attached to an aromatic ring is 1. The molecule has 0 unspecified atom stereocenters. The van der Waals surface area contributed by atoms with E-state index in [1.807, 2.05) is 5.43 Å². The van der Waals surface area contributed by atoms with Crippen LogP contribution in [0.3, 0.4) is 0 Å². The van der Waals surface area contributed by atoms with Crippen molar-refractivity contribution in [3.8, 4) is 0 Å². The highest BCUT2D eigenvalue weighted by molar-refractivity contribution is 5.70. The van der Waals surface area contributed by atoms with Crippen LogP contribution in [-0.2, 0) is 0 Å². The molecule has 0 atom stereocenters. The first-order chi connectivity index (χ1) is 9.33. The Balaban J connectivity index is 2.45. The van der Waals surface area contributed by atoms with Crippen molar-refractivity contribution in [2.24, 2.45) is 5.84 Å². The molecule has 20 heavy (non-hydrogen) atoms. The Morgan fingerprint density at radius 1 is 1.50 bits per heavy atom. The third-order valence-corrected chi connectivity index (χ3v) is 2.73. The molecule has 1 heterocycles. The number of alkyl halides is 3. The lowest BCUT2D eigenvalue weighted by molar-refractivity contribution is -0.383. The third kappa shape index (κ3) is 3.04. The van der Waals surface area contributed by atoms with E-state index in [0.29, 0.717) is 12.8 Å². The Bertz CT molecular complexity index is 519. The maximum atomic E-state index is 12.6. The molecular formula is C9H11F3N6O2. The first-order valence-electron chi connectivity index (χ1n) is 5.63. The predicted octanol–water partition coefficient (Wildman–Crippen LogP) is 1.20. The Morgan fingerprint density at radius 3 is 2.60 bits per heavy atom. The van der Waals surface area contributed by atoms with Gasteiger partial charge in [0.05, 0.1) is 4.92 Å². The van der Waals surface area contributed by atoms with Crippen LogP contribution in [0.25, 0.3) is 0 Å². The molecule has 1 saturated carbocycles. The molecular weight excluding hydrogens is 281 g/mol. The zero-order valence-electron chi connectivity index (χ0n) is 10.1. The second kappa shape index (κ2) is 5.07. The van der Waals surface area contributed by atoms with Crippen molar-refractivity contribution in [2.75, 3.05) is 16.9 Å². The second-order valence-electron chi connectivity index (χ2n) is 4.27. The molecule has 0 saturated heterocycles. The molecule has 110 valence electrons. The normalized spacial score (nSPS) is 15.0. The van der Waals surface area contributed by atoms with E-state index >= 15 is 0 Å². The Kier molecular flexibility index (Phi) is 3.61. The highest BCUT2D eigenvalue weighted by atomic mass is 19.4. The lowest BCUT2D eigenvalue weighted by atomic mass is 10.3. The van der Waals surface area contributed by atoms with Gasteiger partial charge in [-0.1, -0.05) is 0 Å². The number of nitrogens with two attached hydrogens (primary N) is 1. The third-order valence-electron chi connectivity index (χ3n) is 2.73. The summed E-state index contributed by atoms with van der Waals surface area (Å²) in [4.78, 5) is 18.2. The van der Waals surface area contributed by atoms with E-state index in [-0.39, 0.29) is 11.6 Å². The number of halogens is 3. The summed E-state index contributed by atoms with van der Waals surface area (Å²) in [5.41, 5.74) is 1.33. The van der Waals surface area contributed by atoms with E-state index < -0.39 is 29.4 Å². The van der Waals surface area contributed by atoms with Crippen molar-refractivity contribution in [1.82, 2.24) is 9.97 Å². The number of nitrogens with zero attached hydrogens (tertiary/aromatic N) is 4. The van der Waals surface area contributed by atoms with Crippen molar-refractivity contribution >= 4 is 17.3 Å². The Hall–Kier alpha value is -2.17. The van der Waals surface area contributed by atoms with E-state index in [9.17, 15) is 23.3 Å². The summed E-state index contributed by atoms with van der Waals surface area (Å²) in [7, 11) is 0. The standard InChI is InChI=1S/C9H11F3N6O2/c10-9(11,12)3-17(5-1-2-5)8-6(18(19)20)7(16-13)14-4-15-8/h4-5H,1-3,13H2,(H,14,15,16). The van der Waals surface area contributed by atoms with Crippen molar-refractivity contribution in [3.63, 3.8) is 0 Å². The van der Waals surface area contributed by atoms with Crippen molar-refractivity contribution < 1.29 is 18.1 Å². The maximum Gasteiger partial charge on any atom is 0.405 e. The number of hydrazine groups is 1. The van der Waals surface area contributed by atoms with Crippen LogP contribution in [0, 0.1) is 10.1 Å². The van der Waals surface area contributed by atoms with Gasteiger partial charge in [-0.3, -0.25) is 10.1 Å². The van der Waals surface area contributed by atoms with E-state index in [0.717, 1.165) is 11.2 Å². The molecule has 3 N–H and O–H groups in total. The molecule has 1 aromatic rings. The number of hydrogen-bond donors (Lipinski definition) is 2. The lowest BCUT2D eigenvalue weighted by Crippen LogP contribution is -2.37. The highest BCUT2D eigenvalue weighted by Gasteiger charge is 2.42. The summed E-state index contributed by atoms with van der Waals surface area (Å²) in [5.74, 6) is 4.39. The van der Waals surface area contributed by atoms with Crippen molar-refractivity contribution in [1.29, 1.82) is 0 Å². The molecule has 1 aromatic heterocycles. The van der Waals surface area contributed by atoms with Gasteiger partial charge in [-0.25, -0.2) is 15.8 Å². The van der Waals surface area contributed by atoms with E-state index in [2.05, 4.69) is 9.97 Å². The smallest absolute Gasteiger partial charge is 0.339 e. The molecule has 1 aliphatic carbocycles. The summed E-state index contributed by atoms with van der Waals surface area (Å²) < 4.78 is 37.8. The number of nitro groups is 1. The van der Waals surface area contributed by atoms with Crippen LogP contribution < -0.4 is 16.2 Å². The van der Waals surface area contributed by atoms with Crippen LogP contribution in [0.5, 0.6) is 0 Å². The summed E-state index contributed by atoms with van der Waals surface area (Å²) in [6.45, 7) is -1.31. The minimum atomic E-state index is -4.49. The van der Waals surface area contributed by atoms with Crippen LogP contribution in [0.2, 0.25) is 0 Å². The van der Waals surface area contributed by atoms with Gasteiger partial charge in [-0.05, 0) is 12.8 Å². The van der Waals surface area contributed by atoms with Crippen LogP contribution >= 0.6 is 0 Å². The highest BCUT2D eigenvalue weighted by Crippen LogP contribution is 2.39. The topological polar surface area (TPSA) is 110 Å². The summed E-state index contributed by atoms with van der Waals surface area (Å²) >= 11 is 0. The van der Waals surface area contributed by atoms with Gasteiger partial charge in [0.2, 0.25) is 11.6 Å². The molecule has 0 aliphatic heterocycles. The number of nitrogens with one attached hydrogen (secondary N) is 1. The SMILES string of the molecule is NNc1ncnc(N(CC(F)(F)F)C2CC2)c1[N+](=O)[O-]. The van der Waals surface area contributed by atoms with Crippen LogP contribution in [0.4, 0.5) is 30.5 Å². The second-order valence-corrected chi connectivity index (χ2v) is 4.27.